The Bertz CT molecular complexity index is 1990. The number of anilines is 1. The molecule has 2 aromatic carbocycles. The molecular formula is C38H45FN8O4. The van der Waals surface area contributed by atoms with E-state index in [1.54, 1.807) is 32.6 Å². The highest BCUT2D eigenvalue weighted by molar-refractivity contribution is 5.95. The molecule has 0 bridgehead atoms. The number of rotatable bonds is 9. The van der Waals surface area contributed by atoms with E-state index in [-0.39, 0.29) is 29.2 Å². The topological polar surface area (TPSA) is 128 Å². The SMILES string of the molecule is C=C1CCC(Nc2ccc(C3CCN(CC(=O)N4CCN(Cc5cc(OC)c(-c6cn(C)c(=O)c7[nH]ncc67)cc5F)CC4)CC3)cc2)C(=O)N1. The number of aryl methyl sites for hydroxylation is 1. The Morgan fingerprint density at radius 3 is 2.47 bits per heavy atom. The summed E-state index contributed by atoms with van der Waals surface area (Å²) >= 11 is 0. The van der Waals surface area contributed by atoms with Crippen LogP contribution in [0.5, 0.6) is 5.75 Å². The van der Waals surface area contributed by atoms with Crippen LogP contribution in [0.1, 0.15) is 42.7 Å². The number of nitrogens with zero attached hydrogens (tertiary/aromatic N) is 5. The predicted octanol–water partition coefficient (Wildman–Crippen LogP) is 3.80. The van der Waals surface area contributed by atoms with Crippen molar-refractivity contribution in [2.45, 2.75) is 44.2 Å². The molecule has 0 aliphatic carbocycles. The number of hydrogen-bond acceptors (Lipinski definition) is 8. The van der Waals surface area contributed by atoms with E-state index in [2.05, 4.69) is 61.5 Å². The van der Waals surface area contributed by atoms with Crippen LogP contribution in [0.2, 0.25) is 0 Å². The summed E-state index contributed by atoms with van der Waals surface area (Å²) in [5.74, 6) is 0.702. The maximum Gasteiger partial charge on any atom is 0.276 e. The van der Waals surface area contributed by atoms with Crippen LogP contribution in [0, 0.1) is 5.82 Å². The van der Waals surface area contributed by atoms with Gasteiger partial charge in [-0.1, -0.05) is 18.7 Å². The van der Waals surface area contributed by atoms with E-state index < -0.39 is 0 Å². The summed E-state index contributed by atoms with van der Waals surface area (Å²) in [4.78, 5) is 44.4. The van der Waals surface area contributed by atoms with Gasteiger partial charge in [-0.05, 0) is 74.5 Å². The fourth-order valence-corrected chi connectivity index (χ4v) is 7.54. The maximum absolute atomic E-state index is 15.6. The number of pyridine rings is 1. The largest absolute Gasteiger partial charge is 0.496 e. The van der Waals surface area contributed by atoms with Crippen LogP contribution in [0.4, 0.5) is 10.1 Å². The molecule has 0 saturated carbocycles. The summed E-state index contributed by atoms with van der Waals surface area (Å²) in [5.41, 5.74) is 4.86. The molecule has 3 aliphatic rings. The second-order valence-corrected chi connectivity index (χ2v) is 13.9. The molecule has 3 saturated heterocycles. The van der Waals surface area contributed by atoms with E-state index >= 15 is 4.39 Å². The number of piperazine rings is 1. The van der Waals surface area contributed by atoms with Crippen molar-refractivity contribution in [3.8, 4) is 16.9 Å². The highest BCUT2D eigenvalue weighted by Crippen LogP contribution is 2.36. The Morgan fingerprint density at radius 1 is 1.02 bits per heavy atom. The van der Waals surface area contributed by atoms with E-state index in [4.69, 9.17) is 4.74 Å². The number of ether oxygens (including phenoxy) is 1. The highest BCUT2D eigenvalue weighted by Gasteiger charge is 2.28. The van der Waals surface area contributed by atoms with Crippen LogP contribution in [0.3, 0.4) is 0 Å². The molecule has 3 aliphatic heterocycles. The predicted molar refractivity (Wildman–Crippen MR) is 194 cm³/mol. The Balaban J connectivity index is 0.884. The summed E-state index contributed by atoms with van der Waals surface area (Å²) in [7, 11) is 3.20. The van der Waals surface area contributed by atoms with E-state index in [0.717, 1.165) is 50.2 Å². The van der Waals surface area contributed by atoms with Crippen molar-refractivity contribution in [2.24, 2.45) is 7.05 Å². The van der Waals surface area contributed by atoms with Crippen molar-refractivity contribution in [1.82, 2.24) is 34.8 Å². The van der Waals surface area contributed by atoms with Gasteiger partial charge in [0.05, 0.1) is 19.9 Å². The fourth-order valence-electron chi connectivity index (χ4n) is 7.54. The number of aromatic amines is 1. The number of allylic oxidation sites excluding steroid dienone is 1. The third-order valence-corrected chi connectivity index (χ3v) is 10.6. The van der Waals surface area contributed by atoms with Gasteiger partial charge in [0.25, 0.3) is 5.56 Å². The molecular weight excluding hydrogens is 651 g/mol. The molecule has 51 heavy (non-hydrogen) atoms. The van der Waals surface area contributed by atoms with Crippen molar-refractivity contribution in [3.05, 3.63) is 88.4 Å². The van der Waals surface area contributed by atoms with Crippen LogP contribution in [-0.4, -0.2) is 100 Å². The molecule has 0 radical (unpaired) electrons. The van der Waals surface area contributed by atoms with Gasteiger partial charge in [0.2, 0.25) is 11.8 Å². The van der Waals surface area contributed by atoms with Crippen LogP contribution in [-0.2, 0) is 23.2 Å². The number of carbonyl (C=O) groups is 2. The monoisotopic (exact) mass is 696 g/mol. The standard InChI is InChI=1S/C38H45FN8O4/c1-24-4-9-33(37(49)41-24)42-28-7-5-25(6-8-28)26-10-12-45(13-11-26)23-35(48)47-16-14-46(15-17-47)21-27-18-34(51-3)29(19-32(27)39)31-22-44(2)38(50)36-30(31)20-40-43-36/h5-8,18-20,22,26,33,42H,1,4,9-17,21,23H2,2-3H3,(H,40,43)(H,41,49). The van der Waals surface area contributed by atoms with Crippen molar-refractivity contribution >= 4 is 28.4 Å². The quantitative estimate of drug-likeness (QED) is 0.241. The second-order valence-electron chi connectivity index (χ2n) is 13.9. The minimum atomic E-state index is -0.355. The van der Waals surface area contributed by atoms with Gasteiger partial charge in [0.1, 0.15) is 23.1 Å². The Hall–Kier alpha value is -5.01. The molecule has 7 rings (SSSR count). The number of piperidine rings is 2. The van der Waals surface area contributed by atoms with Crippen LogP contribution in [0.15, 0.2) is 65.9 Å². The zero-order chi connectivity index (χ0) is 35.6. The lowest BCUT2D eigenvalue weighted by Crippen LogP contribution is -2.51. The Kier molecular flexibility index (Phi) is 9.92. The maximum atomic E-state index is 15.6. The van der Waals surface area contributed by atoms with Gasteiger partial charge < -0.3 is 24.8 Å². The molecule has 2 aromatic heterocycles. The average molecular weight is 697 g/mol. The highest BCUT2D eigenvalue weighted by atomic mass is 19.1. The smallest absolute Gasteiger partial charge is 0.276 e. The summed E-state index contributed by atoms with van der Waals surface area (Å²) in [6, 6.07) is 11.3. The fraction of sp³-hybridized carbons (Fsp3) is 0.421. The number of fused-ring (bicyclic) bond motifs is 1. The van der Waals surface area contributed by atoms with Gasteiger partial charge in [-0.25, -0.2) is 4.39 Å². The molecule has 5 heterocycles. The summed E-state index contributed by atoms with van der Waals surface area (Å²) in [6.07, 6.45) is 6.74. The first-order valence-corrected chi connectivity index (χ1v) is 17.6. The van der Waals surface area contributed by atoms with Crippen LogP contribution < -0.4 is 20.9 Å². The van der Waals surface area contributed by atoms with Crippen molar-refractivity contribution in [3.63, 3.8) is 0 Å². The number of hydrogen-bond donors (Lipinski definition) is 3. The van der Waals surface area contributed by atoms with Gasteiger partial charge in [-0.3, -0.25) is 29.3 Å². The number of benzene rings is 2. The van der Waals surface area contributed by atoms with Gasteiger partial charge in [0, 0.05) is 79.4 Å². The minimum absolute atomic E-state index is 0.0326. The van der Waals surface area contributed by atoms with Crippen molar-refractivity contribution in [1.29, 1.82) is 0 Å². The minimum Gasteiger partial charge on any atom is -0.496 e. The third kappa shape index (κ3) is 7.40. The van der Waals surface area contributed by atoms with Gasteiger partial charge in [-0.2, -0.15) is 5.10 Å². The van der Waals surface area contributed by atoms with Gasteiger partial charge >= 0.3 is 0 Å². The average Bonchev–Trinajstić information content (AvgIpc) is 3.63. The van der Waals surface area contributed by atoms with Crippen LogP contribution >= 0.6 is 0 Å². The molecule has 3 N–H and O–H groups in total. The first kappa shape index (κ1) is 34.4. The van der Waals surface area contributed by atoms with Gasteiger partial charge in [-0.15, -0.1) is 0 Å². The number of carbonyl (C=O) groups excluding carboxylic acids is 2. The lowest BCUT2D eigenvalue weighted by molar-refractivity contribution is -0.134. The third-order valence-electron chi connectivity index (χ3n) is 10.6. The van der Waals surface area contributed by atoms with E-state index in [1.807, 2.05) is 4.90 Å². The summed E-state index contributed by atoms with van der Waals surface area (Å²) in [5, 5.41) is 13.5. The molecule has 4 aromatic rings. The normalized spacial score (nSPS) is 19.4. The van der Waals surface area contributed by atoms with Crippen molar-refractivity contribution < 1.29 is 18.7 Å². The Labute approximate surface area is 296 Å². The summed E-state index contributed by atoms with van der Waals surface area (Å²) < 4.78 is 22.7. The number of nitrogens with one attached hydrogen (secondary N) is 3. The van der Waals surface area contributed by atoms with Crippen molar-refractivity contribution in [2.75, 3.05) is 58.2 Å². The molecule has 13 heteroatoms. The zero-order valence-corrected chi connectivity index (χ0v) is 29.2. The molecule has 2 amide bonds. The lowest BCUT2D eigenvalue weighted by Gasteiger charge is -2.37. The molecule has 1 atom stereocenters. The molecule has 12 nitrogen and oxygen atoms in total. The molecule has 0 spiro atoms. The molecule has 1 unspecified atom stereocenters. The number of aromatic nitrogens is 3. The first-order valence-electron chi connectivity index (χ1n) is 17.6. The number of likely N-dealkylation sites (tertiary alicyclic amines) is 1. The first-order chi connectivity index (χ1) is 24.7. The lowest BCUT2D eigenvalue weighted by atomic mass is 9.89. The van der Waals surface area contributed by atoms with Crippen LogP contribution in [0.25, 0.3) is 22.0 Å². The molecule has 268 valence electrons. The number of H-pyrrole nitrogens is 1. The Morgan fingerprint density at radius 2 is 1.76 bits per heavy atom. The van der Waals surface area contributed by atoms with E-state index in [0.29, 0.717) is 78.5 Å². The van der Waals surface area contributed by atoms with E-state index in [1.165, 1.54) is 16.2 Å². The number of methoxy groups -OCH3 is 1. The van der Waals surface area contributed by atoms with Gasteiger partial charge in [0.15, 0.2) is 0 Å². The summed E-state index contributed by atoms with van der Waals surface area (Å²) in [6.45, 7) is 8.89. The molecule has 3 fully saturated rings. The zero-order valence-electron chi connectivity index (χ0n) is 29.2. The number of amides is 2. The second kappa shape index (κ2) is 14.7. The van der Waals surface area contributed by atoms with E-state index in [9.17, 15) is 14.4 Å². The number of halogens is 1.